The van der Waals surface area contributed by atoms with Crippen LogP contribution in [0.3, 0.4) is 0 Å². The number of hydrogen-bond donors (Lipinski definition) is 2. The van der Waals surface area contributed by atoms with Crippen LogP contribution in [0.25, 0.3) is 0 Å². The minimum Gasteiger partial charge on any atom is -0.326 e. The van der Waals surface area contributed by atoms with Gasteiger partial charge in [0.25, 0.3) is 0 Å². The van der Waals surface area contributed by atoms with Crippen LogP contribution < -0.4 is 10.6 Å². The Hall–Kier alpha value is -2.10. The van der Waals surface area contributed by atoms with Crippen LogP contribution in [0.5, 0.6) is 0 Å². The van der Waals surface area contributed by atoms with Crippen LogP contribution in [-0.4, -0.2) is 11.8 Å². The number of hydrogen-bond acceptors (Lipinski definition) is 2. The minimum atomic E-state index is -0.137. The smallest absolute Gasteiger partial charge is 0.230 e. The predicted molar refractivity (Wildman–Crippen MR) is 132 cm³/mol. The lowest BCUT2D eigenvalue weighted by molar-refractivity contribution is -0.145. The topological polar surface area (TPSA) is 58.2 Å². The first-order valence-electron chi connectivity index (χ1n) is 13.9. The Balaban J connectivity index is 1.00. The number of allylic oxidation sites excluding steroid dienone is 6. The van der Waals surface area contributed by atoms with Crippen molar-refractivity contribution in [3.8, 4) is 0 Å². The molecule has 0 aromatic carbocycles. The van der Waals surface area contributed by atoms with Crippen LogP contribution in [-0.2, 0) is 9.59 Å². The Morgan fingerprint density at radius 2 is 0.853 bits per heavy atom. The summed E-state index contributed by atoms with van der Waals surface area (Å²) in [5.41, 5.74) is 1.42. The molecule has 9 rings (SSSR count). The molecule has 8 fully saturated rings. The fraction of sp³-hybridized carbons (Fsp3) is 0.667. The SMILES string of the molecule is O=C(NC1=C/C=C\C(NC(=O)C23CC4CC(CC(C4)C2)C3)=C/C=C\1)C12CC3CC(CC(C3)C1)C2. The lowest BCUT2D eigenvalue weighted by Gasteiger charge is -2.55. The first-order chi connectivity index (χ1) is 16.5. The predicted octanol–water partition coefficient (Wildman–Crippen LogP) is 5.55. The number of amides is 2. The van der Waals surface area contributed by atoms with Gasteiger partial charge in [-0.15, -0.1) is 0 Å². The van der Waals surface area contributed by atoms with Crippen LogP contribution in [0.15, 0.2) is 47.9 Å². The molecule has 0 aromatic heterocycles. The minimum absolute atomic E-state index is 0.137. The average Bonchev–Trinajstić information content (AvgIpc) is 2.75. The van der Waals surface area contributed by atoms with E-state index < -0.39 is 0 Å². The molecule has 0 atom stereocenters. The van der Waals surface area contributed by atoms with E-state index in [4.69, 9.17) is 0 Å². The van der Waals surface area contributed by atoms with E-state index in [1.54, 1.807) is 0 Å². The number of carbonyl (C=O) groups excluding carboxylic acids is 2. The fourth-order valence-electron chi connectivity index (χ4n) is 10.1. The number of rotatable bonds is 4. The Kier molecular flexibility index (Phi) is 4.80. The molecule has 2 amide bonds. The highest BCUT2D eigenvalue weighted by atomic mass is 16.2. The van der Waals surface area contributed by atoms with E-state index in [2.05, 4.69) is 10.6 Å². The summed E-state index contributed by atoms with van der Waals surface area (Å²) in [5, 5.41) is 6.51. The summed E-state index contributed by atoms with van der Waals surface area (Å²) >= 11 is 0. The van der Waals surface area contributed by atoms with Crippen molar-refractivity contribution in [3.63, 3.8) is 0 Å². The van der Waals surface area contributed by atoms with Crippen LogP contribution in [0, 0.1) is 46.3 Å². The molecule has 9 aliphatic rings. The highest BCUT2D eigenvalue weighted by Crippen LogP contribution is 2.61. The summed E-state index contributed by atoms with van der Waals surface area (Å²) < 4.78 is 0. The van der Waals surface area contributed by atoms with Crippen LogP contribution >= 0.6 is 0 Å². The van der Waals surface area contributed by atoms with Crippen molar-refractivity contribution < 1.29 is 9.59 Å². The zero-order valence-electron chi connectivity index (χ0n) is 20.2. The Morgan fingerprint density at radius 1 is 0.559 bits per heavy atom. The van der Waals surface area contributed by atoms with Crippen molar-refractivity contribution in [2.24, 2.45) is 46.3 Å². The van der Waals surface area contributed by atoms with Gasteiger partial charge in [0.1, 0.15) is 0 Å². The van der Waals surface area contributed by atoms with Crippen molar-refractivity contribution >= 4 is 11.8 Å². The van der Waals surface area contributed by atoms with Crippen molar-refractivity contribution in [2.75, 3.05) is 0 Å². The number of carbonyl (C=O) groups is 2. The van der Waals surface area contributed by atoms with E-state index in [9.17, 15) is 9.59 Å². The third-order valence-corrected chi connectivity index (χ3v) is 10.7. The molecule has 180 valence electrons. The molecule has 4 nitrogen and oxygen atoms in total. The molecule has 0 heterocycles. The summed E-state index contributed by atoms with van der Waals surface area (Å²) in [5.74, 6) is 5.06. The van der Waals surface area contributed by atoms with Gasteiger partial charge in [0.2, 0.25) is 11.8 Å². The zero-order valence-corrected chi connectivity index (χ0v) is 20.2. The normalized spacial score (nSPS) is 50.4. The lowest BCUT2D eigenvalue weighted by Crippen LogP contribution is -2.53. The molecule has 0 saturated heterocycles. The van der Waals surface area contributed by atoms with Crippen LogP contribution in [0.4, 0.5) is 0 Å². The van der Waals surface area contributed by atoms with Crippen molar-refractivity contribution in [2.45, 2.75) is 77.0 Å². The van der Waals surface area contributed by atoms with E-state index in [-0.39, 0.29) is 22.6 Å². The molecule has 0 aliphatic heterocycles. The van der Waals surface area contributed by atoms with Gasteiger partial charge in [-0.1, -0.05) is 12.2 Å². The van der Waals surface area contributed by atoms with Crippen molar-refractivity contribution in [1.82, 2.24) is 10.6 Å². The highest BCUT2D eigenvalue weighted by Gasteiger charge is 2.55. The summed E-state index contributed by atoms with van der Waals surface area (Å²) in [6.45, 7) is 0. The lowest BCUT2D eigenvalue weighted by atomic mass is 9.49. The third kappa shape index (κ3) is 3.55. The van der Waals surface area contributed by atoms with Gasteiger partial charge in [0.15, 0.2) is 0 Å². The van der Waals surface area contributed by atoms with Gasteiger partial charge >= 0.3 is 0 Å². The first kappa shape index (κ1) is 21.2. The van der Waals surface area contributed by atoms with E-state index in [0.717, 1.165) is 85.4 Å². The molecule has 9 aliphatic carbocycles. The van der Waals surface area contributed by atoms with Gasteiger partial charge in [-0.05, 0) is 137 Å². The monoisotopic (exact) mass is 458 g/mol. The van der Waals surface area contributed by atoms with Gasteiger partial charge < -0.3 is 10.6 Å². The van der Waals surface area contributed by atoms with E-state index in [1.807, 2.05) is 36.5 Å². The van der Waals surface area contributed by atoms with Gasteiger partial charge in [0.05, 0.1) is 10.8 Å². The molecule has 4 heteroatoms. The van der Waals surface area contributed by atoms with E-state index in [0.29, 0.717) is 0 Å². The summed E-state index contributed by atoms with van der Waals surface area (Å²) in [7, 11) is 0. The fourth-order valence-corrected chi connectivity index (χ4v) is 10.1. The highest BCUT2D eigenvalue weighted by molar-refractivity contribution is 5.86. The van der Waals surface area contributed by atoms with Crippen LogP contribution in [0.1, 0.15) is 77.0 Å². The Morgan fingerprint density at radius 3 is 1.15 bits per heavy atom. The molecule has 0 aromatic rings. The van der Waals surface area contributed by atoms with Gasteiger partial charge in [-0.25, -0.2) is 0 Å². The molecule has 0 radical (unpaired) electrons. The molecule has 8 saturated carbocycles. The summed E-state index contributed by atoms with van der Waals surface area (Å²) in [4.78, 5) is 26.8. The van der Waals surface area contributed by atoms with E-state index in [1.165, 1.54) is 38.5 Å². The maximum Gasteiger partial charge on any atom is 0.230 e. The van der Waals surface area contributed by atoms with E-state index >= 15 is 0 Å². The standard InChI is InChI=1S/C30H38N2O2/c33-27(29-13-19-7-20(14-29)9-21(8-19)15-29)31-25-3-1-4-26(6-2-5-25)32-28(34)30-16-22-10-23(17-30)12-24(11-22)18-30/h1-6,19-24H,7-18H2,(H,31,33)(H,32,34)/b3-1-,4-1?,5-2?,6-2-,25-3?,25-5+,26-4+,26-6?. The second-order valence-electron chi connectivity index (χ2n) is 13.3. The van der Waals surface area contributed by atoms with Gasteiger partial charge in [-0.2, -0.15) is 0 Å². The second-order valence-corrected chi connectivity index (χ2v) is 13.3. The number of nitrogens with one attached hydrogen (secondary N) is 2. The van der Waals surface area contributed by atoms with Gasteiger partial charge in [-0.3, -0.25) is 9.59 Å². The average molecular weight is 459 g/mol. The molecule has 8 bridgehead atoms. The molecule has 0 unspecified atom stereocenters. The quantitative estimate of drug-likeness (QED) is 0.581. The first-order valence-corrected chi connectivity index (χ1v) is 13.9. The van der Waals surface area contributed by atoms with Crippen LogP contribution in [0.2, 0.25) is 0 Å². The Bertz CT molecular complexity index is 876. The largest absolute Gasteiger partial charge is 0.326 e. The maximum atomic E-state index is 13.4. The molecule has 2 N–H and O–H groups in total. The molecule has 34 heavy (non-hydrogen) atoms. The second kappa shape index (κ2) is 7.70. The maximum absolute atomic E-state index is 13.4. The molecular formula is C30H38N2O2. The van der Waals surface area contributed by atoms with Crippen molar-refractivity contribution in [3.05, 3.63) is 47.9 Å². The zero-order chi connectivity index (χ0) is 22.9. The summed E-state index contributed by atoms with van der Waals surface area (Å²) in [6.07, 6.45) is 26.4. The molecule has 0 spiro atoms. The van der Waals surface area contributed by atoms with Gasteiger partial charge in [0, 0.05) is 11.4 Å². The third-order valence-electron chi connectivity index (χ3n) is 10.7. The molecular weight excluding hydrogens is 420 g/mol. The Labute approximate surface area is 203 Å². The summed E-state index contributed by atoms with van der Waals surface area (Å²) in [6, 6.07) is 0. The van der Waals surface area contributed by atoms with Crippen molar-refractivity contribution in [1.29, 1.82) is 0 Å².